The lowest BCUT2D eigenvalue weighted by atomic mass is 9.95. The average molecular weight is 421 g/mol. The maximum absolute atomic E-state index is 13.3. The molecule has 1 aliphatic heterocycles. The standard InChI is InChI=1S/C24H20FNO5/c1-2-30-18-6-3-5-16(13-18)21-20(22(27)15-8-10-17(25)11-9-15)23(28)24(29)26(21)14-19-7-4-12-31-19/h3-13,21,27H,2,14H2,1H3. The van der Waals surface area contributed by atoms with Crippen LogP contribution >= 0.6 is 0 Å². The largest absolute Gasteiger partial charge is 0.507 e. The van der Waals surface area contributed by atoms with E-state index in [1.807, 2.05) is 6.92 Å². The molecule has 0 spiro atoms. The Morgan fingerprint density at radius 3 is 2.58 bits per heavy atom. The molecular weight excluding hydrogens is 401 g/mol. The molecule has 6 nitrogen and oxygen atoms in total. The SMILES string of the molecule is CCOc1cccc(C2C(=C(O)c3ccc(F)cc3)C(=O)C(=O)N2Cc2ccco2)c1. The van der Waals surface area contributed by atoms with Crippen molar-refractivity contribution in [3.8, 4) is 5.75 Å². The van der Waals surface area contributed by atoms with Crippen molar-refractivity contribution in [3.05, 3.63) is 95.2 Å². The van der Waals surface area contributed by atoms with Crippen molar-refractivity contribution in [3.63, 3.8) is 0 Å². The maximum atomic E-state index is 13.3. The number of rotatable bonds is 6. The molecule has 31 heavy (non-hydrogen) atoms. The van der Waals surface area contributed by atoms with Crippen molar-refractivity contribution >= 4 is 17.4 Å². The van der Waals surface area contributed by atoms with Gasteiger partial charge in [-0.3, -0.25) is 9.59 Å². The summed E-state index contributed by atoms with van der Waals surface area (Å²) < 4.78 is 24.3. The van der Waals surface area contributed by atoms with Crippen molar-refractivity contribution in [2.24, 2.45) is 0 Å². The number of aliphatic hydroxyl groups is 1. The minimum atomic E-state index is -0.865. The molecule has 1 amide bonds. The second kappa shape index (κ2) is 8.47. The molecule has 1 aromatic heterocycles. The van der Waals surface area contributed by atoms with E-state index in [2.05, 4.69) is 0 Å². The van der Waals surface area contributed by atoms with Gasteiger partial charge in [-0.25, -0.2) is 4.39 Å². The van der Waals surface area contributed by atoms with Gasteiger partial charge in [-0.1, -0.05) is 12.1 Å². The molecule has 1 atom stereocenters. The Labute approximate surface area is 178 Å². The molecular formula is C24H20FNO5. The summed E-state index contributed by atoms with van der Waals surface area (Å²) in [5.41, 5.74) is 0.764. The van der Waals surface area contributed by atoms with Crippen LogP contribution in [0.3, 0.4) is 0 Å². The minimum absolute atomic E-state index is 0.0430. The van der Waals surface area contributed by atoms with E-state index < -0.39 is 23.5 Å². The summed E-state index contributed by atoms with van der Waals surface area (Å²) in [5.74, 6) is -1.35. The summed E-state index contributed by atoms with van der Waals surface area (Å²) in [6.45, 7) is 2.34. The molecule has 2 heterocycles. The van der Waals surface area contributed by atoms with Crippen LogP contribution < -0.4 is 4.74 Å². The third-order valence-corrected chi connectivity index (χ3v) is 5.05. The van der Waals surface area contributed by atoms with Crippen LogP contribution in [0.5, 0.6) is 5.75 Å². The fourth-order valence-corrected chi connectivity index (χ4v) is 3.66. The Morgan fingerprint density at radius 2 is 1.90 bits per heavy atom. The first-order chi connectivity index (χ1) is 15.0. The Hall–Kier alpha value is -3.87. The Balaban J connectivity index is 1.86. The van der Waals surface area contributed by atoms with E-state index in [0.29, 0.717) is 23.7 Å². The number of furan rings is 1. The zero-order valence-electron chi connectivity index (χ0n) is 16.7. The Kier molecular flexibility index (Phi) is 5.58. The summed E-state index contributed by atoms with van der Waals surface area (Å²) in [5, 5.41) is 11.0. The number of nitrogens with zero attached hydrogens (tertiary/aromatic N) is 1. The molecule has 3 aromatic rings. The van der Waals surface area contributed by atoms with Gasteiger partial charge in [0.05, 0.1) is 31.0 Å². The number of benzene rings is 2. The van der Waals surface area contributed by atoms with Gasteiger partial charge in [-0.2, -0.15) is 0 Å². The molecule has 0 bridgehead atoms. The quantitative estimate of drug-likeness (QED) is 0.362. The number of carbonyl (C=O) groups is 2. The first-order valence-electron chi connectivity index (χ1n) is 9.79. The van der Waals surface area contributed by atoms with E-state index in [4.69, 9.17) is 9.15 Å². The van der Waals surface area contributed by atoms with Crippen LogP contribution in [-0.2, 0) is 16.1 Å². The number of hydrogen-bond acceptors (Lipinski definition) is 5. The summed E-state index contributed by atoms with van der Waals surface area (Å²) in [4.78, 5) is 27.2. The molecule has 0 radical (unpaired) electrons. The van der Waals surface area contributed by atoms with Crippen molar-refractivity contribution < 1.29 is 28.2 Å². The number of carbonyl (C=O) groups excluding carboxylic acids is 2. The molecule has 2 aromatic carbocycles. The smallest absolute Gasteiger partial charge is 0.296 e. The molecule has 4 rings (SSSR count). The number of Topliss-reactive ketones (excluding diaryl/α,β-unsaturated/α-hetero) is 1. The van der Waals surface area contributed by atoms with E-state index >= 15 is 0 Å². The highest BCUT2D eigenvalue weighted by Gasteiger charge is 2.46. The van der Waals surface area contributed by atoms with Crippen molar-refractivity contribution in [1.82, 2.24) is 4.90 Å². The summed E-state index contributed by atoms with van der Waals surface area (Å²) in [6, 6.07) is 14.6. The van der Waals surface area contributed by atoms with Crippen LogP contribution in [0.2, 0.25) is 0 Å². The third kappa shape index (κ3) is 3.94. The maximum Gasteiger partial charge on any atom is 0.296 e. The highest BCUT2D eigenvalue weighted by Crippen LogP contribution is 2.41. The second-order valence-corrected chi connectivity index (χ2v) is 7.02. The van der Waals surface area contributed by atoms with Gasteiger partial charge in [-0.05, 0) is 61.0 Å². The van der Waals surface area contributed by atoms with E-state index in [1.54, 1.807) is 36.4 Å². The van der Waals surface area contributed by atoms with Crippen molar-refractivity contribution in [2.45, 2.75) is 19.5 Å². The van der Waals surface area contributed by atoms with Gasteiger partial charge in [0.1, 0.15) is 23.1 Å². The molecule has 1 saturated heterocycles. The van der Waals surface area contributed by atoms with Crippen LogP contribution in [0.15, 0.2) is 76.9 Å². The van der Waals surface area contributed by atoms with Gasteiger partial charge in [0, 0.05) is 5.56 Å². The Morgan fingerprint density at radius 1 is 1.13 bits per heavy atom. The lowest BCUT2D eigenvalue weighted by molar-refractivity contribution is -0.140. The molecule has 0 saturated carbocycles. The van der Waals surface area contributed by atoms with Gasteiger partial charge in [0.2, 0.25) is 0 Å². The number of ether oxygens (including phenoxy) is 1. The van der Waals surface area contributed by atoms with Gasteiger partial charge < -0.3 is 19.2 Å². The average Bonchev–Trinajstić information content (AvgIpc) is 3.37. The molecule has 158 valence electrons. The number of amides is 1. The lowest BCUT2D eigenvalue weighted by Gasteiger charge is -2.25. The fourth-order valence-electron chi connectivity index (χ4n) is 3.66. The van der Waals surface area contributed by atoms with E-state index in [9.17, 15) is 19.1 Å². The highest BCUT2D eigenvalue weighted by atomic mass is 19.1. The first-order valence-corrected chi connectivity index (χ1v) is 9.79. The minimum Gasteiger partial charge on any atom is -0.507 e. The topological polar surface area (TPSA) is 80.0 Å². The second-order valence-electron chi connectivity index (χ2n) is 7.02. The van der Waals surface area contributed by atoms with Crippen LogP contribution in [0.4, 0.5) is 4.39 Å². The molecule has 7 heteroatoms. The van der Waals surface area contributed by atoms with Gasteiger partial charge in [0.15, 0.2) is 0 Å². The predicted octanol–water partition coefficient (Wildman–Crippen LogP) is 4.44. The molecule has 1 unspecified atom stereocenters. The summed E-state index contributed by atoms with van der Waals surface area (Å²) >= 11 is 0. The zero-order valence-corrected chi connectivity index (χ0v) is 16.7. The lowest BCUT2D eigenvalue weighted by Crippen LogP contribution is -2.29. The number of aliphatic hydroxyl groups excluding tert-OH is 1. The van der Waals surface area contributed by atoms with E-state index in [0.717, 1.165) is 0 Å². The summed E-state index contributed by atoms with van der Waals surface area (Å²) in [6.07, 6.45) is 1.48. The molecule has 1 fully saturated rings. The van der Waals surface area contributed by atoms with Crippen LogP contribution in [-0.4, -0.2) is 28.3 Å². The molecule has 0 aliphatic carbocycles. The van der Waals surface area contributed by atoms with E-state index in [-0.39, 0.29) is 23.4 Å². The zero-order chi connectivity index (χ0) is 22.0. The normalized spacial score (nSPS) is 17.9. The highest BCUT2D eigenvalue weighted by molar-refractivity contribution is 6.46. The van der Waals surface area contributed by atoms with E-state index in [1.165, 1.54) is 35.4 Å². The first kappa shape index (κ1) is 20.4. The Bertz CT molecular complexity index is 1140. The number of likely N-dealkylation sites (tertiary alicyclic amines) is 1. The van der Waals surface area contributed by atoms with Crippen LogP contribution in [0.1, 0.15) is 29.9 Å². The third-order valence-electron chi connectivity index (χ3n) is 5.05. The van der Waals surface area contributed by atoms with Gasteiger partial charge in [0.25, 0.3) is 11.7 Å². The predicted molar refractivity (Wildman–Crippen MR) is 111 cm³/mol. The fraction of sp³-hybridized carbons (Fsp3) is 0.167. The van der Waals surface area contributed by atoms with Gasteiger partial charge >= 0.3 is 0 Å². The van der Waals surface area contributed by atoms with Crippen LogP contribution in [0, 0.1) is 5.82 Å². The van der Waals surface area contributed by atoms with Crippen molar-refractivity contribution in [2.75, 3.05) is 6.61 Å². The number of ketones is 1. The van der Waals surface area contributed by atoms with Gasteiger partial charge in [-0.15, -0.1) is 0 Å². The molecule has 1 aliphatic rings. The monoisotopic (exact) mass is 421 g/mol. The molecule has 1 N–H and O–H groups in total. The number of halogens is 1. The van der Waals surface area contributed by atoms with Crippen molar-refractivity contribution in [1.29, 1.82) is 0 Å². The number of hydrogen-bond donors (Lipinski definition) is 1. The van der Waals surface area contributed by atoms with Crippen LogP contribution in [0.25, 0.3) is 5.76 Å². The summed E-state index contributed by atoms with van der Waals surface area (Å²) in [7, 11) is 0.